The minimum atomic E-state index is 0.398. The quantitative estimate of drug-likeness (QED) is 0.886. The van der Waals surface area contributed by atoms with Crippen LogP contribution in [0.25, 0.3) is 0 Å². The van der Waals surface area contributed by atoms with Gasteiger partial charge in [-0.15, -0.1) is 0 Å². The summed E-state index contributed by atoms with van der Waals surface area (Å²) in [6.45, 7) is 12.5. The van der Waals surface area contributed by atoms with Crippen LogP contribution < -0.4 is 10.2 Å². The molecule has 3 heteroatoms. The predicted molar refractivity (Wildman–Crippen MR) is 86.2 cm³/mol. The summed E-state index contributed by atoms with van der Waals surface area (Å²) in [7, 11) is 0. The van der Waals surface area contributed by atoms with Crippen molar-refractivity contribution in [3.8, 4) is 0 Å². The van der Waals surface area contributed by atoms with Gasteiger partial charge in [0.2, 0.25) is 0 Å². The fraction of sp³-hybridized carbons (Fsp3) is 0.706. The summed E-state index contributed by atoms with van der Waals surface area (Å²) in [5.74, 6) is 1.14. The smallest absolute Gasteiger partial charge is 0.128 e. The molecule has 1 aromatic heterocycles. The molecule has 1 atom stereocenters. The highest BCUT2D eigenvalue weighted by Crippen LogP contribution is 2.31. The Labute approximate surface area is 123 Å². The Kier molecular flexibility index (Phi) is 5.03. The first-order valence-corrected chi connectivity index (χ1v) is 7.96. The van der Waals surface area contributed by atoms with E-state index in [4.69, 9.17) is 0 Å². The molecule has 2 rings (SSSR count). The van der Waals surface area contributed by atoms with Crippen molar-refractivity contribution in [1.29, 1.82) is 0 Å². The van der Waals surface area contributed by atoms with Crippen LogP contribution in [0.1, 0.15) is 58.6 Å². The van der Waals surface area contributed by atoms with Crippen molar-refractivity contribution in [3.63, 3.8) is 0 Å². The zero-order valence-corrected chi connectivity index (χ0v) is 13.4. The van der Waals surface area contributed by atoms with Crippen LogP contribution in [0, 0.1) is 5.41 Å². The molecule has 0 aromatic carbocycles. The number of pyridine rings is 1. The Morgan fingerprint density at radius 3 is 2.95 bits per heavy atom. The topological polar surface area (TPSA) is 28.2 Å². The molecule has 0 spiro atoms. The molecule has 1 fully saturated rings. The predicted octanol–water partition coefficient (Wildman–Crippen LogP) is 3.77. The molecule has 1 aliphatic rings. The summed E-state index contributed by atoms with van der Waals surface area (Å²) in [4.78, 5) is 7.03. The molecule has 1 N–H and O–H groups in total. The lowest BCUT2D eigenvalue weighted by atomic mass is 9.84. The second kappa shape index (κ2) is 6.57. The van der Waals surface area contributed by atoms with E-state index in [0.717, 1.165) is 25.5 Å². The number of nitrogens with one attached hydrogen (secondary N) is 1. The van der Waals surface area contributed by atoms with Crippen molar-refractivity contribution in [2.45, 2.75) is 53.0 Å². The van der Waals surface area contributed by atoms with Crippen molar-refractivity contribution in [2.75, 3.05) is 24.5 Å². The van der Waals surface area contributed by atoms with Crippen LogP contribution in [0.2, 0.25) is 0 Å². The van der Waals surface area contributed by atoms with E-state index in [1.54, 1.807) is 0 Å². The van der Waals surface area contributed by atoms with Crippen LogP contribution in [0.5, 0.6) is 0 Å². The lowest BCUT2D eigenvalue weighted by Crippen LogP contribution is -2.40. The molecule has 1 aromatic rings. The molecular weight excluding hydrogens is 246 g/mol. The van der Waals surface area contributed by atoms with Crippen LogP contribution in [-0.2, 0) is 0 Å². The normalized spacial score (nSPS) is 19.9. The third kappa shape index (κ3) is 3.95. The van der Waals surface area contributed by atoms with Gasteiger partial charge >= 0.3 is 0 Å². The second-order valence-electron chi connectivity index (χ2n) is 6.81. The van der Waals surface area contributed by atoms with Crippen molar-refractivity contribution in [2.24, 2.45) is 5.41 Å². The molecule has 0 aliphatic carbocycles. The fourth-order valence-electron chi connectivity index (χ4n) is 2.97. The summed E-state index contributed by atoms with van der Waals surface area (Å²) >= 11 is 0. The highest BCUT2D eigenvalue weighted by Gasteiger charge is 2.27. The first-order chi connectivity index (χ1) is 9.52. The maximum Gasteiger partial charge on any atom is 0.128 e. The molecule has 1 aliphatic heterocycles. The lowest BCUT2D eigenvalue weighted by molar-refractivity contribution is 0.292. The molecule has 0 saturated carbocycles. The molecule has 1 unspecified atom stereocenters. The number of hydrogen-bond donors (Lipinski definition) is 1. The minimum Gasteiger partial charge on any atom is -0.356 e. The maximum atomic E-state index is 4.59. The first kappa shape index (κ1) is 15.3. The summed E-state index contributed by atoms with van der Waals surface area (Å²) in [5, 5.41) is 3.55. The van der Waals surface area contributed by atoms with Gasteiger partial charge in [0, 0.05) is 25.3 Å². The van der Waals surface area contributed by atoms with E-state index < -0.39 is 0 Å². The number of hydrogen-bond acceptors (Lipinski definition) is 3. The van der Waals surface area contributed by atoms with Gasteiger partial charge in [-0.25, -0.2) is 4.98 Å². The molecule has 0 amide bonds. The van der Waals surface area contributed by atoms with Gasteiger partial charge in [-0.2, -0.15) is 0 Å². The third-order valence-corrected chi connectivity index (χ3v) is 4.19. The number of rotatable bonds is 5. The zero-order chi connectivity index (χ0) is 14.6. The molecule has 1 saturated heterocycles. The Morgan fingerprint density at radius 1 is 1.45 bits per heavy atom. The number of nitrogens with zero attached hydrogens (tertiary/aromatic N) is 2. The lowest BCUT2D eigenvalue weighted by Gasteiger charge is -2.39. The molecule has 2 heterocycles. The molecular formula is C17H29N3. The Balaban J connectivity index is 2.09. The van der Waals surface area contributed by atoms with Gasteiger partial charge in [-0.1, -0.05) is 20.8 Å². The van der Waals surface area contributed by atoms with E-state index in [2.05, 4.69) is 55.0 Å². The Hall–Kier alpha value is -1.09. The van der Waals surface area contributed by atoms with Gasteiger partial charge in [0.15, 0.2) is 0 Å². The van der Waals surface area contributed by atoms with E-state index in [1.807, 2.05) is 6.20 Å². The molecule has 20 heavy (non-hydrogen) atoms. The van der Waals surface area contributed by atoms with E-state index in [1.165, 1.54) is 24.8 Å². The summed E-state index contributed by atoms with van der Waals surface area (Å²) < 4.78 is 0. The van der Waals surface area contributed by atoms with E-state index in [-0.39, 0.29) is 0 Å². The van der Waals surface area contributed by atoms with Crippen LogP contribution in [0.15, 0.2) is 18.3 Å². The first-order valence-electron chi connectivity index (χ1n) is 7.96. The third-order valence-electron chi connectivity index (χ3n) is 4.19. The SMILES string of the molecule is CCCNC(C)c1ccnc(N2CCCC(C)(C)C2)c1. The van der Waals surface area contributed by atoms with Crippen molar-refractivity contribution in [1.82, 2.24) is 10.3 Å². The van der Waals surface area contributed by atoms with Crippen molar-refractivity contribution < 1.29 is 0 Å². The van der Waals surface area contributed by atoms with Gasteiger partial charge < -0.3 is 10.2 Å². The standard InChI is InChI=1S/C17H29N3/c1-5-9-18-14(2)15-7-10-19-16(12-15)20-11-6-8-17(3,4)13-20/h7,10,12,14,18H,5-6,8-9,11,13H2,1-4H3. The summed E-state index contributed by atoms with van der Waals surface area (Å²) in [6, 6.07) is 4.79. The highest BCUT2D eigenvalue weighted by atomic mass is 15.2. The van der Waals surface area contributed by atoms with E-state index in [0.29, 0.717) is 11.5 Å². The molecule has 112 valence electrons. The minimum absolute atomic E-state index is 0.398. The Morgan fingerprint density at radius 2 is 2.25 bits per heavy atom. The van der Waals surface area contributed by atoms with Gasteiger partial charge in [-0.3, -0.25) is 0 Å². The number of piperidine rings is 1. The fourth-order valence-corrected chi connectivity index (χ4v) is 2.97. The van der Waals surface area contributed by atoms with Gasteiger partial charge in [0.05, 0.1) is 0 Å². The van der Waals surface area contributed by atoms with Gasteiger partial charge in [-0.05, 0) is 55.8 Å². The van der Waals surface area contributed by atoms with Crippen molar-refractivity contribution in [3.05, 3.63) is 23.9 Å². The zero-order valence-electron chi connectivity index (χ0n) is 13.4. The Bertz CT molecular complexity index is 428. The molecule has 3 nitrogen and oxygen atoms in total. The average Bonchev–Trinajstić information content (AvgIpc) is 2.44. The van der Waals surface area contributed by atoms with Crippen LogP contribution in [0.4, 0.5) is 5.82 Å². The van der Waals surface area contributed by atoms with Crippen LogP contribution in [-0.4, -0.2) is 24.6 Å². The van der Waals surface area contributed by atoms with E-state index >= 15 is 0 Å². The largest absolute Gasteiger partial charge is 0.356 e. The van der Waals surface area contributed by atoms with Crippen LogP contribution in [0.3, 0.4) is 0 Å². The molecule has 0 bridgehead atoms. The average molecular weight is 275 g/mol. The maximum absolute atomic E-state index is 4.59. The van der Waals surface area contributed by atoms with Crippen molar-refractivity contribution >= 4 is 5.82 Å². The molecule has 0 radical (unpaired) electrons. The number of aromatic nitrogens is 1. The monoisotopic (exact) mass is 275 g/mol. The van der Waals surface area contributed by atoms with Gasteiger partial charge in [0.1, 0.15) is 5.82 Å². The number of anilines is 1. The van der Waals surface area contributed by atoms with E-state index in [9.17, 15) is 0 Å². The van der Waals surface area contributed by atoms with Crippen LogP contribution >= 0.6 is 0 Å². The highest BCUT2D eigenvalue weighted by molar-refractivity contribution is 5.42. The van der Waals surface area contributed by atoms with Gasteiger partial charge in [0.25, 0.3) is 0 Å². The second-order valence-corrected chi connectivity index (χ2v) is 6.81. The summed E-state index contributed by atoms with van der Waals surface area (Å²) in [6.07, 6.45) is 5.71. The summed E-state index contributed by atoms with van der Waals surface area (Å²) in [5.41, 5.74) is 1.74.